The molecule has 1 N–H and O–H groups in total. The van der Waals surface area contributed by atoms with E-state index in [1.165, 1.54) is 12.7 Å². The largest absolute Gasteiger partial charge is 0.356 e. The van der Waals surface area contributed by atoms with Crippen molar-refractivity contribution >= 4 is 17.4 Å². The van der Waals surface area contributed by atoms with Gasteiger partial charge in [-0.2, -0.15) is 5.10 Å². The minimum absolute atomic E-state index is 0.0633. The number of para-hydroxylation sites is 1. The standard InChI is InChI=1S/C21H25N7O/c1-15(2)17-7-3-4-8-18(17)26-21(29)16-6-5-9-27(11-16)19-10-20(24-13-23-19)28-14-22-12-25-28/h3-4,7-8,10,12-16H,5-6,9,11H2,1-2H3,(H,26,29). The third-order valence-corrected chi connectivity index (χ3v) is 5.25. The Morgan fingerprint density at radius 3 is 2.79 bits per heavy atom. The van der Waals surface area contributed by atoms with Crippen LogP contribution in [-0.2, 0) is 4.79 Å². The van der Waals surface area contributed by atoms with E-state index in [1.807, 2.05) is 24.3 Å². The second kappa shape index (κ2) is 8.38. The van der Waals surface area contributed by atoms with E-state index in [9.17, 15) is 4.79 Å². The van der Waals surface area contributed by atoms with E-state index < -0.39 is 0 Å². The zero-order valence-corrected chi connectivity index (χ0v) is 16.7. The summed E-state index contributed by atoms with van der Waals surface area (Å²) in [5.41, 5.74) is 2.06. The zero-order valence-electron chi connectivity index (χ0n) is 16.7. The number of benzene rings is 1. The van der Waals surface area contributed by atoms with Crippen LogP contribution < -0.4 is 10.2 Å². The van der Waals surface area contributed by atoms with E-state index in [-0.39, 0.29) is 11.8 Å². The van der Waals surface area contributed by atoms with Gasteiger partial charge in [-0.3, -0.25) is 4.79 Å². The van der Waals surface area contributed by atoms with Gasteiger partial charge in [-0.15, -0.1) is 0 Å². The first-order valence-corrected chi connectivity index (χ1v) is 9.93. The van der Waals surface area contributed by atoms with Crippen molar-refractivity contribution in [1.82, 2.24) is 24.7 Å². The maximum Gasteiger partial charge on any atom is 0.229 e. The van der Waals surface area contributed by atoms with Crippen molar-refractivity contribution in [3.63, 3.8) is 0 Å². The lowest BCUT2D eigenvalue weighted by molar-refractivity contribution is -0.120. The van der Waals surface area contributed by atoms with Gasteiger partial charge in [-0.1, -0.05) is 32.0 Å². The van der Waals surface area contributed by atoms with Crippen LogP contribution in [0.15, 0.2) is 49.3 Å². The molecule has 2 aromatic heterocycles. The van der Waals surface area contributed by atoms with E-state index in [0.29, 0.717) is 18.3 Å². The third kappa shape index (κ3) is 4.26. The second-order valence-electron chi connectivity index (χ2n) is 7.59. The fourth-order valence-electron chi connectivity index (χ4n) is 3.71. The first-order chi connectivity index (χ1) is 14.1. The van der Waals surface area contributed by atoms with Gasteiger partial charge >= 0.3 is 0 Å². The summed E-state index contributed by atoms with van der Waals surface area (Å²) in [5, 5.41) is 7.26. The minimum atomic E-state index is -0.0891. The molecule has 0 saturated carbocycles. The average Bonchev–Trinajstić information content (AvgIpc) is 3.29. The highest BCUT2D eigenvalue weighted by Gasteiger charge is 2.27. The number of nitrogens with zero attached hydrogens (tertiary/aromatic N) is 6. The van der Waals surface area contributed by atoms with Crippen LogP contribution in [0.5, 0.6) is 0 Å². The van der Waals surface area contributed by atoms with E-state index in [1.54, 1.807) is 11.0 Å². The number of amides is 1. The lowest BCUT2D eigenvalue weighted by Gasteiger charge is -2.33. The van der Waals surface area contributed by atoms with Gasteiger partial charge in [0.1, 0.15) is 24.8 Å². The van der Waals surface area contributed by atoms with Crippen molar-refractivity contribution in [2.75, 3.05) is 23.3 Å². The number of anilines is 2. The predicted octanol–water partition coefficient (Wildman–Crippen LogP) is 3.04. The molecule has 1 aliphatic rings. The summed E-state index contributed by atoms with van der Waals surface area (Å²) in [5.74, 6) is 1.78. The molecule has 4 rings (SSSR count). The normalized spacial score (nSPS) is 16.8. The molecule has 1 aliphatic heterocycles. The monoisotopic (exact) mass is 391 g/mol. The van der Waals surface area contributed by atoms with Crippen LogP contribution in [0.25, 0.3) is 5.82 Å². The van der Waals surface area contributed by atoms with Gasteiger partial charge in [0.05, 0.1) is 5.92 Å². The molecule has 0 radical (unpaired) electrons. The van der Waals surface area contributed by atoms with Gasteiger partial charge in [-0.25, -0.2) is 19.6 Å². The summed E-state index contributed by atoms with van der Waals surface area (Å²) in [4.78, 5) is 27.7. The lowest BCUT2D eigenvalue weighted by Crippen LogP contribution is -2.41. The molecule has 3 aromatic rings. The number of hydrogen-bond donors (Lipinski definition) is 1. The molecule has 8 nitrogen and oxygen atoms in total. The fraction of sp³-hybridized carbons (Fsp3) is 0.381. The Morgan fingerprint density at radius 2 is 2.00 bits per heavy atom. The van der Waals surface area contributed by atoms with E-state index in [4.69, 9.17) is 0 Å². The van der Waals surface area contributed by atoms with Crippen LogP contribution in [-0.4, -0.2) is 43.7 Å². The van der Waals surface area contributed by atoms with E-state index in [0.717, 1.165) is 36.5 Å². The number of carbonyl (C=O) groups excluding carboxylic acids is 1. The topological polar surface area (TPSA) is 88.8 Å². The molecule has 0 aliphatic carbocycles. The molecule has 1 fully saturated rings. The van der Waals surface area contributed by atoms with Crippen LogP contribution in [0.2, 0.25) is 0 Å². The van der Waals surface area contributed by atoms with Crippen LogP contribution in [0, 0.1) is 5.92 Å². The molecule has 0 spiro atoms. The minimum Gasteiger partial charge on any atom is -0.356 e. The smallest absolute Gasteiger partial charge is 0.229 e. The highest BCUT2D eigenvalue weighted by molar-refractivity contribution is 5.93. The summed E-state index contributed by atoms with van der Waals surface area (Å²) in [6, 6.07) is 9.89. The Morgan fingerprint density at radius 1 is 1.17 bits per heavy atom. The van der Waals surface area contributed by atoms with Gasteiger partial charge in [-0.05, 0) is 30.4 Å². The molecule has 150 valence electrons. The highest BCUT2D eigenvalue weighted by Crippen LogP contribution is 2.27. The van der Waals surface area contributed by atoms with Crippen LogP contribution in [0.4, 0.5) is 11.5 Å². The molecule has 1 unspecified atom stereocenters. The van der Waals surface area contributed by atoms with E-state index in [2.05, 4.69) is 50.2 Å². The maximum absolute atomic E-state index is 13.0. The Balaban J connectivity index is 1.48. The molecular weight excluding hydrogens is 366 g/mol. The summed E-state index contributed by atoms with van der Waals surface area (Å²) in [6.07, 6.45) is 6.40. The first-order valence-electron chi connectivity index (χ1n) is 9.93. The van der Waals surface area contributed by atoms with Crippen molar-refractivity contribution in [3.8, 4) is 5.82 Å². The van der Waals surface area contributed by atoms with Crippen LogP contribution in [0.1, 0.15) is 38.2 Å². The molecular formula is C21H25N7O. The van der Waals surface area contributed by atoms with Crippen molar-refractivity contribution in [1.29, 1.82) is 0 Å². The second-order valence-corrected chi connectivity index (χ2v) is 7.59. The van der Waals surface area contributed by atoms with Crippen molar-refractivity contribution in [3.05, 3.63) is 54.9 Å². The summed E-state index contributed by atoms with van der Waals surface area (Å²) < 4.78 is 1.60. The van der Waals surface area contributed by atoms with Crippen LogP contribution >= 0.6 is 0 Å². The molecule has 29 heavy (non-hydrogen) atoms. The first kappa shape index (κ1) is 19.0. The van der Waals surface area contributed by atoms with Gasteiger partial charge in [0, 0.05) is 24.8 Å². The molecule has 3 heterocycles. The predicted molar refractivity (Wildman–Crippen MR) is 111 cm³/mol. The third-order valence-electron chi connectivity index (χ3n) is 5.25. The van der Waals surface area contributed by atoms with Gasteiger partial charge in [0.2, 0.25) is 5.91 Å². The number of rotatable bonds is 5. The quantitative estimate of drug-likeness (QED) is 0.719. The molecule has 0 bridgehead atoms. The SMILES string of the molecule is CC(C)c1ccccc1NC(=O)C1CCCN(c2cc(-n3cncn3)ncn2)C1. The van der Waals surface area contributed by atoms with Gasteiger partial charge < -0.3 is 10.2 Å². The van der Waals surface area contributed by atoms with E-state index >= 15 is 0 Å². The molecule has 1 amide bonds. The molecule has 1 atom stereocenters. The van der Waals surface area contributed by atoms with Crippen molar-refractivity contribution in [2.24, 2.45) is 5.92 Å². The van der Waals surface area contributed by atoms with Crippen LogP contribution in [0.3, 0.4) is 0 Å². The number of aromatic nitrogens is 5. The average molecular weight is 391 g/mol. The lowest BCUT2D eigenvalue weighted by atomic mass is 9.96. The molecule has 1 aromatic carbocycles. The van der Waals surface area contributed by atoms with Crippen molar-refractivity contribution < 1.29 is 4.79 Å². The zero-order chi connectivity index (χ0) is 20.2. The number of hydrogen-bond acceptors (Lipinski definition) is 6. The van der Waals surface area contributed by atoms with Gasteiger partial charge in [0.15, 0.2) is 5.82 Å². The Bertz CT molecular complexity index is 971. The summed E-state index contributed by atoms with van der Waals surface area (Å²) in [7, 11) is 0. The maximum atomic E-state index is 13.0. The molecule has 8 heteroatoms. The Labute approximate surface area is 170 Å². The van der Waals surface area contributed by atoms with Gasteiger partial charge in [0.25, 0.3) is 0 Å². The fourth-order valence-corrected chi connectivity index (χ4v) is 3.71. The Hall–Kier alpha value is -3.29. The molecule has 1 saturated heterocycles. The number of carbonyl (C=O) groups is 1. The Kier molecular flexibility index (Phi) is 5.50. The number of nitrogens with one attached hydrogen (secondary N) is 1. The summed E-state index contributed by atoms with van der Waals surface area (Å²) >= 11 is 0. The summed E-state index contributed by atoms with van der Waals surface area (Å²) in [6.45, 7) is 5.76. The number of piperidine rings is 1. The highest BCUT2D eigenvalue weighted by atomic mass is 16.1. The van der Waals surface area contributed by atoms with Crippen molar-refractivity contribution in [2.45, 2.75) is 32.6 Å².